The zero-order valence-corrected chi connectivity index (χ0v) is 12.3. The van der Waals surface area contributed by atoms with Gasteiger partial charge < -0.3 is 5.73 Å². The highest BCUT2D eigenvalue weighted by atomic mass is 32.2. The van der Waals surface area contributed by atoms with Crippen molar-refractivity contribution in [2.24, 2.45) is 7.05 Å². The number of hydrogen-bond donors (Lipinski definition) is 1. The van der Waals surface area contributed by atoms with Crippen LogP contribution in [0.15, 0.2) is 36.7 Å². The van der Waals surface area contributed by atoms with Gasteiger partial charge in [0, 0.05) is 38.1 Å². The first kappa shape index (κ1) is 14.5. The predicted molar refractivity (Wildman–Crippen MR) is 78.2 cm³/mol. The van der Waals surface area contributed by atoms with Gasteiger partial charge in [-0.25, -0.2) is 12.7 Å². The maximum absolute atomic E-state index is 12.3. The molecule has 0 radical (unpaired) electrons. The summed E-state index contributed by atoms with van der Waals surface area (Å²) in [6.45, 7) is 0.295. The lowest BCUT2D eigenvalue weighted by Gasteiger charge is -2.17. The normalized spacial score (nSPS) is 11.9. The second-order valence-corrected chi connectivity index (χ2v) is 6.81. The number of sulfonamides is 1. The Morgan fingerprint density at radius 3 is 2.65 bits per heavy atom. The van der Waals surface area contributed by atoms with Gasteiger partial charge in [-0.15, -0.1) is 0 Å². The molecule has 0 saturated carbocycles. The molecule has 108 valence electrons. The van der Waals surface area contributed by atoms with Crippen molar-refractivity contribution in [1.82, 2.24) is 14.1 Å². The van der Waals surface area contributed by atoms with Crippen LogP contribution >= 0.6 is 0 Å². The van der Waals surface area contributed by atoms with E-state index in [0.717, 1.165) is 5.56 Å². The predicted octanol–water partition coefficient (Wildman–Crippen LogP) is 0.964. The first-order chi connectivity index (χ1) is 9.38. The fraction of sp³-hybridized carbons (Fsp3) is 0.308. The molecule has 0 aliphatic carbocycles. The molecule has 0 fully saturated rings. The number of nitrogens with zero attached hydrogens (tertiary/aromatic N) is 3. The first-order valence-corrected chi connectivity index (χ1v) is 7.74. The molecule has 0 bridgehead atoms. The van der Waals surface area contributed by atoms with Crippen molar-refractivity contribution < 1.29 is 8.42 Å². The van der Waals surface area contributed by atoms with E-state index in [4.69, 9.17) is 5.73 Å². The SMILES string of the molecule is CN(Cc1cnn(C)c1)S(=O)(=O)Cc1ccccc1N. The summed E-state index contributed by atoms with van der Waals surface area (Å²) in [5.41, 5.74) is 7.74. The summed E-state index contributed by atoms with van der Waals surface area (Å²) in [7, 11) is -0.0572. The molecule has 1 aromatic carbocycles. The van der Waals surface area contributed by atoms with Gasteiger partial charge in [-0.3, -0.25) is 4.68 Å². The van der Waals surface area contributed by atoms with E-state index in [2.05, 4.69) is 5.10 Å². The standard InChI is InChI=1S/C13H18N4O2S/c1-16-8-11(7-15-16)9-17(2)20(18,19)10-12-5-3-4-6-13(12)14/h3-8H,9-10,14H2,1-2H3. The van der Waals surface area contributed by atoms with E-state index in [1.54, 1.807) is 55.4 Å². The summed E-state index contributed by atoms with van der Waals surface area (Å²) in [5, 5.41) is 4.03. The van der Waals surface area contributed by atoms with Crippen LogP contribution in [0.5, 0.6) is 0 Å². The Bertz CT molecular complexity index is 694. The van der Waals surface area contributed by atoms with Gasteiger partial charge in [0.05, 0.1) is 11.9 Å². The highest BCUT2D eigenvalue weighted by Gasteiger charge is 2.20. The first-order valence-electron chi connectivity index (χ1n) is 6.13. The molecule has 1 aromatic heterocycles. The molecule has 0 atom stereocenters. The molecule has 0 amide bonds. The van der Waals surface area contributed by atoms with Crippen LogP contribution in [-0.4, -0.2) is 29.6 Å². The summed E-state index contributed by atoms with van der Waals surface area (Å²) in [6, 6.07) is 6.99. The Labute approximate surface area is 118 Å². The molecular weight excluding hydrogens is 276 g/mol. The highest BCUT2D eigenvalue weighted by molar-refractivity contribution is 7.88. The van der Waals surface area contributed by atoms with Crippen molar-refractivity contribution in [3.05, 3.63) is 47.8 Å². The Morgan fingerprint density at radius 1 is 1.35 bits per heavy atom. The number of aromatic nitrogens is 2. The van der Waals surface area contributed by atoms with Crippen molar-refractivity contribution in [2.75, 3.05) is 12.8 Å². The van der Waals surface area contributed by atoms with Crippen LogP contribution in [0.25, 0.3) is 0 Å². The molecule has 1 heterocycles. The average Bonchev–Trinajstić information content (AvgIpc) is 2.77. The minimum atomic E-state index is -3.41. The van der Waals surface area contributed by atoms with E-state index in [0.29, 0.717) is 17.8 Å². The lowest BCUT2D eigenvalue weighted by atomic mass is 10.2. The number of para-hydroxylation sites is 1. The molecule has 20 heavy (non-hydrogen) atoms. The van der Waals surface area contributed by atoms with Gasteiger partial charge in [0.25, 0.3) is 0 Å². The number of benzene rings is 1. The number of anilines is 1. The Balaban J connectivity index is 2.12. The average molecular weight is 294 g/mol. The number of aryl methyl sites for hydroxylation is 1. The Kier molecular flexibility index (Phi) is 4.10. The summed E-state index contributed by atoms with van der Waals surface area (Å²) in [4.78, 5) is 0. The maximum atomic E-state index is 12.3. The van der Waals surface area contributed by atoms with Gasteiger partial charge in [0.1, 0.15) is 0 Å². The van der Waals surface area contributed by atoms with Gasteiger partial charge in [0.2, 0.25) is 10.0 Å². The minimum Gasteiger partial charge on any atom is -0.398 e. The molecule has 2 rings (SSSR count). The van der Waals surface area contributed by atoms with E-state index >= 15 is 0 Å². The fourth-order valence-electron chi connectivity index (χ4n) is 1.88. The summed E-state index contributed by atoms with van der Waals surface area (Å²) >= 11 is 0. The number of nitrogens with two attached hydrogens (primary N) is 1. The molecule has 7 heteroatoms. The van der Waals surface area contributed by atoms with Gasteiger partial charge in [-0.2, -0.15) is 5.10 Å². The van der Waals surface area contributed by atoms with Crippen LogP contribution in [0.3, 0.4) is 0 Å². The molecule has 6 nitrogen and oxygen atoms in total. The third-order valence-corrected chi connectivity index (χ3v) is 4.79. The number of hydrogen-bond acceptors (Lipinski definition) is 4. The number of nitrogen functional groups attached to an aromatic ring is 1. The summed E-state index contributed by atoms with van der Waals surface area (Å²) in [5.74, 6) is -0.101. The van der Waals surface area contributed by atoms with Crippen LogP contribution in [0, 0.1) is 0 Å². The van der Waals surface area contributed by atoms with Gasteiger partial charge in [0.15, 0.2) is 0 Å². The molecular formula is C13H18N4O2S. The maximum Gasteiger partial charge on any atom is 0.218 e. The largest absolute Gasteiger partial charge is 0.398 e. The van der Waals surface area contributed by atoms with Crippen molar-refractivity contribution in [2.45, 2.75) is 12.3 Å². The molecule has 0 unspecified atom stereocenters. The molecule has 0 saturated heterocycles. The smallest absolute Gasteiger partial charge is 0.218 e. The van der Waals surface area contributed by atoms with Crippen LogP contribution in [0.2, 0.25) is 0 Å². The van der Waals surface area contributed by atoms with Crippen LogP contribution < -0.4 is 5.73 Å². The van der Waals surface area contributed by atoms with Crippen molar-refractivity contribution >= 4 is 15.7 Å². The van der Waals surface area contributed by atoms with E-state index in [-0.39, 0.29) is 5.75 Å². The van der Waals surface area contributed by atoms with Gasteiger partial charge in [-0.05, 0) is 11.6 Å². The summed E-state index contributed by atoms with van der Waals surface area (Å²) in [6.07, 6.45) is 3.45. The van der Waals surface area contributed by atoms with E-state index in [9.17, 15) is 8.42 Å². The second-order valence-electron chi connectivity index (χ2n) is 4.73. The van der Waals surface area contributed by atoms with Crippen LogP contribution in [0.1, 0.15) is 11.1 Å². The van der Waals surface area contributed by atoms with Crippen molar-refractivity contribution in [3.8, 4) is 0 Å². The number of rotatable bonds is 5. The van der Waals surface area contributed by atoms with Gasteiger partial charge >= 0.3 is 0 Å². The Hall–Kier alpha value is -1.86. The molecule has 0 aliphatic rings. The lowest BCUT2D eigenvalue weighted by Crippen LogP contribution is -2.27. The molecule has 2 aromatic rings. The van der Waals surface area contributed by atoms with E-state index in [1.165, 1.54) is 4.31 Å². The van der Waals surface area contributed by atoms with E-state index in [1.807, 2.05) is 0 Å². The molecule has 2 N–H and O–H groups in total. The molecule has 0 aliphatic heterocycles. The third kappa shape index (κ3) is 3.37. The third-order valence-electron chi connectivity index (χ3n) is 3.03. The quantitative estimate of drug-likeness (QED) is 0.833. The van der Waals surface area contributed by atoms with Crippen molar-refractivity contribution in [3.63, 3.8) is 0 Å². The van der Waals surface area contributed by atoms with E-state index < -0.39 is 10.0 Å². The van der Waals surface area contributed by atoms with Crippen LogP contribution in [0.4, 0.5) is 5.69 Å². The highest BCUT2D eigenvalue weighted by Crippen LogP contribution is 2.17. The lowest BCUT2D eigenvalue weighted by molar-refractivity contribution is 0.466. The Morgan fingerprint density at radius 2 is 2.05 bits per heavy atom. The van der Waals surface area contributed by atoms with Crippen LogP contribution in [-0.2, 0) is 29.4 Å². The topological polar surface area (TPSA) is 81.2 Å². The van der Waals surface area contributed by atoms with Gasteiger partial charge in [-0.1, -0.05) is 18.2 Å². The zero-order chi connectivity index (χ0) is 14.8. The second kappa shape index (κ2) is 5.64. The fourth-order valence-corrected chi connectivity index (χ4v) is 3.10. The summed E-state index contributed by atoms with van der Waals surface area (Å²) < 4.78 is 27.6. The zero-order valence-electron chi connectivity index (χ0n) is 11.5. The van der Waals surface area contributed by atoms with Crippen molar-refractivity contribution in [1.29, 1.82) is 0 Å². The minimum absolute atomic E-state index is 0.101. The molecule has 0 spiro atoms. The monoisotopic (exact) mass is 294 g/mol.